The van der Waals surface area contributed by atoms with Crippen molar-refractivity contribution in [3.8, 4) is 0 Å². The van der Waals surface area contributed by atoms with Gasteiger partial charge in [0.2, 0.25) is 0 Å². The number of nitrogens with two attached hydrogens (primary N) is 1. The van der Waals surface area contributed by atoms with Crippen LogP contribution >= 0.6 is 0 Å². The van der Waals surface area contributed by atoms with Crippen molar-refractivity contribution < 1.29 is 9.50 Å². The van der Waals surface area contributed by atoms with Crippen molar-refractivity contribution in [3.63, 3.8) is 0 Å². The maximum absolute atomic E-state index is 13.0. The van der Waals surface area contributed by atoms with Gasteiger partial charge in [-0.2, -0.15) is 0 Å². The fraction of sp³-hybridized carbons (Fsp3) is 0.632. The van der Waals surface area contributed by atoms with Gasteiger partial charge in [0.05, 0.1) is 6.10 Å². The fourth-order valence-electron chi connectivity index (χ4n) is 3.58. The molecule has 0 atom stereocenters. The molecule has 2 saturated heterocycles. The maximum atomic E-state index is 13.0. The molecule has 144 valence electrons. The van der Waals surface area contributed by atoms with Crippen LogP contribution in [0.5, 0.6) is 0 Å². The van der Waals surface area contributed by atoms with Crippen molar-refractivity contribution >= 4 is 11.6 Å². The Labute approximate surface area is 155 Å². The molecule has 0 aliphatic carbocycles. The van der Waals surface area contributed by atoms with Crippen LogP contribution in [0, 0.1) is 5.82 Å². The first kappa shape index (κ1) is 18.9. The fourth-order valence-corrected chi connectivity index (χ4v) is 3.58. The number of aliphatic hydroxyl groups excluding tert-OH is 1. The number of benzene rings is 1. The predicted molar refractivity (Wildman–Crippen MR) is 103 cm³/mol. The van der Waals surface area contributed by atoms with E-state index in [0.717, 1.165) is 77.3 Å². The lowest BCUT2D eigenvalue weighted by atomic mass is 10.1. The molecule has 2 fully saturated rings. The zero-order chi connectivity index (χ0) is 18.4. The summed E-state index contributed by atoms with van der Waals surface area (Å²) in [6.07, 6.45) is 2.63. The number of guanidine groups is 1. The Hall–Kier alpha value is -1.86. The van der Waals surface area contributed by atoms with Crippen LogP contribution in [0.2, 0.25) is 0 Å². The van der Waals surface area contributed by atoms with Crippen molar-refractivity contribution in [2.75, 3.05) is 57.3 Å². The lowest BCUT2D eigenvalue weighted by Gasteiger charge is -2.36. The van der Waals surface area contributed by atoms with Gasteiger partial charge in [0, 0.05) is 51.5 Å². The number of hydrogen-bond donors (Lipinski definition) is 2. The summed E-state index contributed by atoms with van der Waals surface area (Å²) >= 11 is 0. The number of anilines is 1. The highest BCUT2D eigenvalue weighted by Gasteiger charge is 2.19. The molecule has 0 aromatic heterocycles. The van der Waals surface area contributed by atoms with Crippen LogP contribution in [-0.2, 0) is 0 Å². The van der Waals surface area contributed by atoms with E-state index in [1.54, 1.807) is 0 Å². The number of rotatable bonds is 5. The van der Waals surface area contributed by atoms with Crippen molar-refractivity contribution in [2.24, 2.45) is 10.7 Å². The van der Waals surface area contributed by atoms with E-state index in [1.807, 2.05) is 12.1 Å². The zero-order valence-electron chi connectivity index (χ0n) is 15.4. The first-order chi connectivity index (χ1) is 12.6. The molecule has 7 heteroatoms. The lowest BCUT2D eigenvalue weighted by Crippen LogP contribution is -2.51. The summed E-state index contributed by atoms with van der Waals surface area (Å²) in [5.41, 5.74) is 7.20. The third kappa shape index (κ3) is 5.32. The van der Waals surface area contributed by atoms with E-state index < -0.39 is 0 Å². The van der Waals surface area contributed by atoms with Gasteiger partial charge < -0.3 is 25.5 Å². The Morgan fingerprint density at radius 3 is 2.38 bits per heavy atom. The molecule has 0 amide bonds. The number of piperidine rings is 1. The number of aliphatic imine (C=N–C) groups is 1. The summed E-state index contributed by atoms with van der Waals surface area (Å²) in [5.74, 6) is 0.419. The molecule has 26 heavy (non-hydrogen) atoms. The minimum Gasteiger partial charge on any atom is -0.393 e. The van der Waals surface area contributed by atoms with E-state index in [2.05, 4.69) is 19.7 Å². The molecule has 3 rings (SSSR count). The van der Waals surface area contributed by atoms with E-state index in [1.165, 1.54) is 12.1 Å². The van der Waals surface area contributed by atoms with Gasteiger partial charge in [-0.1, -0.05) is 0 Å². The summed E-state index contributed by atoms with van der Waals surface area (Å²) in [4.78, 5) is 11.3. The van der Waals surface area contributed by atoms with Gasteiger partial charge in [-0.25, -0.2) is 4.39 Å². The average molecular weight is 363 g/mol. The number of aliphatic hydroxyl groups is 1. The van der Waals surface area contributed by atoms with Crippen LogP contribution in [-0.4, -0.2) is 79.3 Å². The molecule has 0 bridgehead atoms. The molecule has 0 radical (unpaired) electrons. The summed E-state index contributed by atoms with van der Waals surface area (Å²) in [5, 5.41) is 9.53. The van der Waals surface area contributed by atoms with Gasteiger partial charge in [0.1, 0.15) is 5.82 Å². The van der Waals surface area contributed by atoms with E-state index in [9.17, 15) is 9.50 Å². The maximum Gasteiger partial charge on any atom is 0.191 e. The molecule has 2 heterocycles. The standard InChI is InChI=1S/C19H30FN5O/c20-16-2-4-17(5-3-16)24-12-14-25(15-13-24)19(21)22-8-1-9-23-10-6-18(26)7-11-23/h2-5,18,26H,1,6-15H2,(H2,21,22). The quantitative estimate of drug-likeness (QED) is 0.466. The minimum atomic E-state index is -0.204. The van der Waals surface area contributed by atoms with Crippen LogP contribution in [0.1, 0.15) is 19.3 Å². The van der Waals surface area contributed by atoms with Gasteiger partial charge >= 0.3 is 0 Å². The van der Waals surface area contributed by atoms with Crippen molar-refractivity contribution in [1.82, 2.24) is 9.80 Å². The van der Waals surface area contributed by atoms with Gasteiger partial charge in [-0.05, 0) is 50.1 Å². The highest BCUT2D eigenvalue weighted by Crippen LogP contribution is 2.16. The van der Waals surface area contributed by atoms with E-state index >= 15 is 0 Å². The van der Waals surface area contributed by atoms with Crippen molar-refractivity contribution in [3.05, 3.63) is 30.1 Å². The normalized spacial score (nSPS) is 20.6. The SMILES string of the molecule is NC(=NCCCN1CCC(O)CC1)N1CCN(c2ccc(F)cc2)CC1. The topological polar surface area (TPSA) is 68.3 Å². The third-order valence-electron chi connectivity index (χ3n) is 5.26. The molecule has 2 aliphatic rings. The molecule has 0 spiro atoms. The van der Waals surface area contributed by atoms with Gasteiger partial charge in [0.25, 0.3) is 0 Å². The first-order valence-corrected chi connectivity index (χ1v) is 9.57. The molecule has 1 aromatic carbocycles. The second-order valence-electron chi connectivity index (χ2n) is 7.12. The first-order valence-electron chi connectivity index (χ1n) is 9.57. The third-order valence-corrected chi connectivity index (χ3v) is 5.26. The van der Waals surface area contributed by atoms with Crippen LogP contribution in [0.25, 0.3) is 0 Å². The van der Waals surface area contributed by atoms with Crippen LogP contribution < -0.4 is 10.6 Å². The zero-order valence-corrected chi connectivity index (χ0v) is 15.4. The monoisotopic (exact) mass is 363 g/mol. The minimum absolute atomic E-state index is 0.117. The predicted octanol–water partition coefficient (Wildman–Crippen LogP) is 1.11. The number of halogens is 1. The molecule has 0 saturated carbocycles. The number of piperazine rings is 1. The number of hydrogen-bond acceptors (Lipinski definition) is 4. The molecular weight excluding hydrogens is 333 g/mol. The van der Waals surface area contributed by atoms with Crippen LogP contribution in [0.15, 0.2) is 29.3 Å². The highest BCUT2D eigenvalue weighted by molar-refractivity contribution is 5.78. The Morgan fingerprint density at radius 2 is 1.73 bits per heavy atom. The molecular formula is C19H30FN5O. The lowest BCUT2D eigenvalue weighted by molar-refractivity contribution is 0.0824. The number of nitrogens with zero attached hydrogens (tertiary/aromatic N) is 4. The van der Waals surface area contributed by atoms with E-state index in [0.29, 0.717) is 5.96 Å². The molecule has 0 unspecified atom stereocenters. The van der Waals surface area contributed by atoms with Crippen LogP contribution in [0.3, 0.4) is 0 Å². The van der Waals surface area contributed by atoms with Crippen LogP contribution in [0.4, 0.5) is 10.1 Å². The second kappa shape index (κ2) is 9.19. The average Bonchev–Trinajstić information content (AvgIpc) is 2.67. The Morgan fingerprint density at radius 1 is 1.08 bits per heavy atom. The Balaban J connectivity index is 1.37. The summed E-state index contributed by atoms with van der Waals surface area (Å²) in [7, 11) is 0. The summed E-state index contributed by atoms with van der Waals surface area (Å²) < 4.78 is 13.0. The van der Waals surface area contributed by atoms with E-state index in [4.69, 9.17) is 5.73 Å². The summed E-state index contributed by atoms with van der Waals surface area (Å²) in [6, 6.07) is 6.64. The largest absolute Gasteiger partial charge is 0.393 e. The van der Waals surface area contributed by atoms with Crippen molar-refractivity contribution in [1.29, 1.82) is 0 Å². The Kier molecular flexibility index (Phi) is 6.68. The summed E-state index contributed by atoms with van der Waals surface area (Å²) in [6.45, 7) is 7.09. The molecule has 6 nitrogen and oxygen atoms in total. The Bertz CT molecular complexity index is 578. The molecule has 3 N–H and O–H groups in total. The highest BCUT2D eigenvalue weighted by atomic mass is 19.1. The number of likely N-dealkylation sites (tertiary alicyclic amines) is 1. The van der Waals surface area contributed by atoms with Gasteiger partial charge in [0.15, 0.2) is 5.96 Å². The van der Waals surface area contributed by atoms with E-state index in [-0.39, 0.29) is 11.9 Å². The van der Waals surface area contributed by atoms with Gasteiger partial charge in [-0.3, -0.25) is 4.99 Å². The smallest absolute Gasteiger partial charge is 0.191 e. The molecule has 1 aromatic rings. The molecule has 2 aliphatic heterocycles. The second-order valence-corrected chi connectivity index (χ2v) is 7.12. The van der Waals surface area contributed by atoms with Gasteiger partial charge in [-0.15, -0.1) is 0 Å². The van der Waals surface area contributed by atoms with Crippen molar-refractivity contribution in [2.45, 2.75) is 25.4 Å².